The highest BCUT2D eigenvalue weighted by Gasteiger charge is 2.23. The van der Waals surface area contributed by atoms with Crippen LogP contribution < -0.4 is 10.6 Å². The standard InChI is InChI=1S/C15H22N2O/c1-2-14(12-7-4-3-5-8-12)17-15(18)13-9-6-10-16-11-13/h3-5,7-8,13-14,16H,2,6,9-11H2,1H3,(H,17,18)/t13-,14?/m0/s1. The van der Waals surface area contributed by atoms with Gasteiger partial charge in [0.2, 0.25) is 5.91 Å². The molecule has 0 radical (unpaired) electrons. The summed E-state index contributed by atoms with van der Waals surface area (Å²) in [6, 6.07) is 10.3. The summed E-state index contributed by atoms with van der Waals surface area (Å²) < 4.78 is 0. The molecular weight excluding hydrogens is 224 g/mol. The number of nitrogens with one attached hydrogen (secondary N) is 2. The van der Waals surface area contributed by atoms with E-state index in [0.717, 1.165) is 32.4 Å². The summed E-state index contributed by atoms with van der Waals surface area (Å²) in [5.74, 6) is 0.328. The second-order valence-electron chi connectivity index (χ2n) is 4.92. The topological polar surface area (TPSA) is 41.1 Å². The first-order valence-electron chi connectivity index (χ1n) is 6.87. The van der Waals surface area contributed by atoms with Gasteiger partial charge in [-0.15, -0.1) is 0 Å². The third kappa shape index (κ3) is 3.33. The highest BCUT2D eigenvalue weighted by molar-refractivity contribution is 5.79. The fourth-order valence-electron chi connectivity index (χ4n) is 2.47. The van der Waals surface area contributed by atoms with Crippen molar-refractivity contribution in [2.45, 2.75) is 32.2 Å². The Morgan fingerprint density at radius 1 is 1.44 bits per heavy atom. The van der Waals surface area contributed by atoms with Crippen LogP contribution in [0.25, 0.3) is 0 Å². The molecule has 0 bridgehead atoms. The van der Waals surface area contributed by atoms with Crippen molar-refractivity contribution in [1.82, 2.24) is 10.6 Å². The fourth-order valence-corrected chi connectivity index (χ4v) is 2.47. The molecule has 3 heteroatoms. The molecule has 0 spiro atoms. The average Bonchev–Trinajstić information content (AvgIpc) is 2.46. The Balaban J connectivity index is 1.95. The second kappa shape index (κ2) is 6.55. The Kier molecular flexibility index (Phi) is 4.76. The van der Waals surface area contributed by atoms with Crippen LogP contribution in [0.1, 0.15) is 37.8 Å². The van der Waals surface area contributed by atoms with E-state index < -0.39 is 0 Å². The van der Waals surface area contributed by atoms with Gasteiger partial charge in [-0.3, -0.25) is 4.79 Å². The molecule has 0 aromatic heterocycles. The Labute approximate surface area is 109 Å². The molecule has 2 atom stereocenters. The van der Waals surface area contributed by atoms with Crippen LogP contribution in [0.4, 0.5) is 0 Å². The minimum atomic E-state index is 0.136. The van der Waals surface area contributed by atoms with Crippen LogP contribution in [-0.2, 0) is 4.79 Å². The minimum absolute atomic E-state index is 0.136. The van der Waals surface area contributed by atoms with Crippen molar-refractivity contribution < 1.29 is 4.79 Å². The predicted molar refractivity (Wildman–Crippen MR) is 73.2 cm³/mol. The van der Waals surface area contributed by atoms with Gasteiger partial charge in [0.15, 0.2) is 0 Å². The molecule has 1 saturated heterocycles. The van der Waals surface area contributed by atoms with Crippen molar-refractivity contribution in [3.63, 3.8) is 0 Å². The third-order valence-electron chi connectivity index (χ3n) is 3.59. The maximum absolute atomic E-state index is 12.2. The van der Waals surface area contributed by atoms with Crippen LogP contribution in [0.15, 0.2) is 30.3 Å². The zero-order valence-electron chi connectivity index (χ0n) is 11.0. The number of amides is 1. The largest absolute Gasteiger partial charge is 0.349 e. The summed E-state index contributed by atoms with van der Waals surface area (Å²) in [5, 5.41) is 6.46. The van der Waals surface area contributed by atoms with Crippen molar-refractivity contribution >= 4 is 5.91 Å². The van der Waals surface area contributed by atoms with Crippen LogP contribution in [0.2, 0.25) is 0 Å². The van der Waals surface area contributed by atoms with Gasteiger partial charge in [0.05, 0.1) is 12.0 Å². The van der Waals surface area contributed by atoms with E-state index in [1.165, 1.54) is 5.56 Å². The molecule has 2 N–H and O–H groups in total. The van der Waals surface area contributed by atoms with E-state index in [1.54, 1.807) is 0 Å². The number of hydrogen-bond acceptors (Lipinski definition) is 2. The van der Waals surface area contributed by atoms with E-state index >= 15 is 0 Å². The molecule has 3 nitrogen and oxygen atoms in total. The highest BCUT2D eigenvalue weighted by atomic mass is 16.2. The maximum atomic E-state index is 12.2. The van der Waals surface area contributed by atoms with Gasteiger partial charge in [-0.2, -0.15) is 0 Å². The summed E-state index contributed by atoms with van der Waals surface area (Å²) >= 11 is 0. The second-order valence-corrected chi connectivity index (χ2v) is 4.92. The lowest BCUT2D eigenvalue weighted by Gasteiger charge is -2.25. The summed E-state index contributed by atoms with van der Waals surface area (Å²) in [6.45, 7) is 3.97. The number of carbonyl (C=O) groups is 1. The van der Waals surface area contributed by atoms with Crippen molar-refractivity contribution in [2.24, 2.45) is 5.92 Å². The first-order valence-corrected chi connectivity index (χ1v) is 6.87. The van der Waals surface area contributed by atoms with E-state index in [1.807, 2.05) is 18.2 Å². The summed E-state index contributed by atoms with van der Waals surface area (Å²) in [4.78, 5) is 12.2. The zero-order chi connectivity index (χ0) is 12.8. The Morgan fingerprint density at radius 2 is 2.22 bits per heavy atom. The summed E-state index contributed by atoms with van der Waals surface area (Å²) in [7, 11) is 0. The van der Waals surface area contributed by atoms with E-state index in [9.17, 15) is 4.79 Å². The number of hydrogen-bond donors (Lipinski definition) is 2. The van der Waals surface area contributed by atoms with Crippen LogP contribution in [0.3, 0.4) is 0 Å². The normalized spacial score (nSPS) is 21.3. The van der Waals surface area contributed by atoms with E-state index in [4.69, 9.17) is 0 Å². The highest BCUT2D eigenvalue weighted by Crippen LogP contribution is 2.18. The number of carbonyl (C=O) groups excluding carboxylic acids is 1. The molecule has 0 aliphatic carbocycles. The summed E-state index contributed by atoms with van der Waals surface area (Å²) in [6.07, 6.45) is 3.03. The molecule has 1 heterocycles. The van der Waals surface area contributed by atoms with Crippen molar-refractivity contribution in [1.29, 1.82) is 0 Å². The Morgan fingerprint density at radius 3 is 2.83 bits per heavy atom. The Bertz CT molecular complexity index is 371. The van der Waals surface area contributed by atoms with E-state index in [-0.39, 0.29) is 17.9 Å². The number of rotatable bonds is 4. The molecule has 98 valence electrons. The van der Waals surface area contributed by atoms with Crippen molar-refractivity contribution in [3.8, 4) is 0 Å². The third-order valence-corrected chi connectivity index (χ3v) is 3.59. The van der Waals surface area contributed by atoms with Gasteiger partial charge >= 0.3 is 0 Å². The van der Waals surface area contributed by atoms with Gasteiger partial charge in [0, 0.05) is 6.54 Å². The van der Waals surface area contributed by atoms with Gasteiger partial charge in [0.25, 0.3) is 0 Å². The molecule has 1 fully saturated rings. The number of benzene rings is 1. The van der Waals surface area contributed by atoms with Crippen molar-refractivity contribution in [3.05, 3.63) is 35.9 Å². The van der Waals surface area contributed by atoms with E-state index in [2.05, 4.69) is 29.7 Å². The first kappa shape index (κ1) is 13.1. The van der Waals surface area contributed by atoms with Gasteiger partial charge in [0.1, 0.15) is 0 Å². The smallest absolute Gasteiger partial charge is 0.224 e. The molecule has 1 unspecified atom stereocenters. The van der Waals surface area contributed by atoms with E-state index in [0.29, 0.717) is 0 Å². The molecular formula is C15H22N2O. The molecule has 1 aliphatic rings. The van der Waals surface area contributed by atoms with Crippen LogP contribution in [-0.4, -0.2) is 19.0 Å². The van der Waals surface area contributed by atoms with Gasteiger partial charge < -0.3 is 10.6 Å². The SMILES string of the molecule is CCC(NC(=O)[C@H]1CCCNC1)c1ccccc1. The molecule has 0 saturated carbocycles. The van der Waals surface area contributed by atoms with Crippen LogP contribution in [0.5, 0.6) is 0 Å². The zero-order valence-corrected chi connectivity index (χ0v) is 11.0. The van der Waals surface area contributed by atoms with Gasteiger partial charge in [-0.05, 0) is 31.4 Å². The Hall–Kier alpha value is -1.35. The van der Waals surface area contributed by atoms with Gasteiger partial charge in [-0.25, -0.2) is 0 Å². The molecule has 18 heavy (non-hydrogen) atoms. The average molecular weight is 246 g/mol. The maximum Gasteiger partial charge on any atom is 0.224 e. The van der Waals surface area contributed by atoms with Gasteiger partial charge in [-0.1, -0.05) is 37.3 Å². The summed E-state index contributed by atoms with van der Waals surface area (Å²) in [5.41, 5.74) is 1.19. The fraction of sp³-hybridized carbons (Fsp3) is 0.533. The molecule has 2 rings (SSSR count). The number of piperidine rings is 1. The lowest BCUT2D eigenvalue weighted by molar-refractivity contribution is -0.126. The first-order chi connectivity index (χ1) is 8.81. The lowest BCUT2D eigenvalue weighted by Crippen LogP contribution is -2.41. The predicted octanol–water partition coefficient (Wildman–Crippen LogP) is 2.25. The quantitative estimate of drug-likeness (QED) is 0.855. The van der Waals surface area contributed by atoms with Crippen molar-refractivity contribution in [2.75, 3.05) is 13.1 Å². The monoisotopic (exact) mass is 246 g/mol. The van der Waals surface area contributed by atoms with Crippen LogP contribution in [0, 0.1) is 5.92 Å². The van der Waals surface area contributed by atoms with Crippen LogP contribution >= 0.6 is 0 Å². The molecule has 1 aliphatic heterocycles. The minimum Gasteiger partial charge on any atom is -0.349 e. The lowest BCUT2D eigenvalue weighted by atomic mass is 9.97. The molecule has 1 aromatic rings. The molecule has 1 amide bonds. The molecule has 1 aromatic carbocycles.